The van der Waals surface area contributed by atoms with Gasteiger partial charge in [-0.2, -0.15) is 0 Å². The molecule has 0 aromatic heterocycles. The summed E-state index contributed by atoms with van der Waals surface area (Å²) in [5.41, 5.74) is 6.07. The molecule has 0 rings (SSSR count). The summed E-state index contributed by atoms with van der Waals surface area (Å²) in [4.78, 5) is 2.39. The number of hydrogen-bond donors (Lipinski definition) is 1. The molecule has 3 nitrogen and oxygen atoms in total. The van der Waals surface area contributed by atoms with Crippen molar-refractivity contribution in [2.75, 3.05) is 33.4 Å². The summed E-state index contributed by atoms with van der Waals surface area (Å²) in [5.74, 6) is 0. The van der Waals surface area contributed by atoms with E-state index in [1.807, 2.05) is 6.92 Å². The fourth-order valence-electron chi connectivity index (χ4n) is 2.02. The summed E-state index contributed by atoms with van der Waals surface area (Å²) in [7, 11) is 2.17. The molecule has 0 heterocycles. The number of rotatable bonds is 9. The first-order valence-corrected chi connectivity index (χ1v) is 6.15. The number of nitrogens with zero attached hydrogens (tertiary/aromatic N) is 1. The maximum absolute atomic E-state index is 5.89. The van der Waals surface area contributed by atoms with Crippen molar-refractivity contribution in [2.45, 2.75) is 45.6 Å². The Morgan fingerprint density at radius 2 is 1.80 bits per heavy atom. The van der Waals surface area contributed by atoms with E-state index in [2.05, 4.69) is 25.8 Å². The van der Waals surface area contributed by atoms with Crippen molar-refractivity contribution >= 4 is 0 Å². The SMILES string of the molecule is CCOCCCN(C)C(CC)(CC)CN. The maximum atomic E-state index is 5.89. The van der Waals surface area contributed by atoms with E-state index in [1.54, 1.807) is 0 Å². The Bertz CT molecular complexity index is 138. The van der Waals surface area contributed by atoms with Crippen LogP contribution in [0, 0.1) is 0 Å². The molecule has 15 heavy (non-hydrogen) atoms. The Hall–Kier alpha value is -0.120. The van der Waals surface area contributed by atoms with Gasteiger partial charge in [-0.25, -0.2) is 0 Å². The Balaban J connectivity index is 3.97. The zero-order valence-corrected chi connectivity index (χ0v) is 10.9. The van der Waals surface area contributed by atoms with Gasteiger partial charge in [-0.15, -0.1) is 0 Å². The second-order valence-corrected chi connectivity index (χ2v) is 4.11. The largest absolute Gasteiger partial charge is 0.382 e. The number of nitrogens with two attached hydrogens (primary N) is 1. The first-order valence-electron chi connectivity index (χ1n) is 6.15. The van der Waals surface area contributed by atoms with Crippen molar-refractivity contribution in [3.05, 3.63) is 0 Å². The van der Waals surface area contributed by atoms with Gasteiger partial charge in [0.05, 0.1) is 0 Å². The molecule has 0 aromatic rings. The maximum Gasteiger partial charge on any atom is 0.0478 e. The second kappa shape index (κ2) is 8.08. The lowest BCUT2D eigenvalue weighted by molar-refractivity contribution is 0.0888. The predicted molar refractivity (Wildman–Crippen MR) is 66.1 cm³/mol. The third-order valence-electron chi connectivity index (χ3n) is 3.49. The molecule has 0 aromatic carbocycles. The molecule has 2 N–H and O–H groups in total. The van der Waals surface area contributed by atoms with Gasteiger partial charge < -0.3 is 10.5 Å². The van der Waals surface area contributed by atoms with Gasteiger partial charge in [0.1, 0.15) is 0 Å². The standard InChI is InChI=1S/C12H28N2O/c1-5-12(6-2,11-13)14(4)9-8-10-15-7-3/h5-11,13H2,1-4H3. The summed E-state index contributed by atoms with van der Waals surface area (Å²) in [6.07, 6.45) is 3.32. The van der Waals surface area contributed by atoms with Crippen LogP contribution in [0.15, 0.2) is 0 Å². The van der Waals surface area contributed by atoms with E-state index in [4.69, 9.17) is 10.5 Å². The van der Waals surface area contributed by atoms with Gasteiger partial charge in [0.15, 0.2) is 0 Å². The van der Waals surface area contributed by atoms with E-state index >= 15 is 0 Å². The Kier molecular flexibility index (Phi) is 8.02. The molecule has 0 unspecified atom stereocenters. The zero-order chi connectivity index (χ0) is 11.7. The van der Waals surface area contributed by atoms with E-state index in [9.17, 15) is 0 Å². The topological polar surface area (TPSA) is 38.5 Å². The monoisotopic (exact) mass is 216 g/mol. The first kappa shape index (κ1) is 14.9. The minimum atomic E-state index is 0.187. The van der Waals surface area contributed by atoms with E-state index in [-0.39, 0.29) is 5.54 Å². The summed E-state index contributed by atoms with van der Waals surface area (Å²) < 4.78 is 5.34. The minimum absolute atomic E-state index is 0.187. The number of hydrogen-bond acceptors (Lipinski definition) is 3. The molecular formula is C12H28N2O. The molecule has 0 saturated heterocycles. The van der Waals surface area contributed by atoms with Crippen LogP contribution in [0.5, 0.6) is 0 Å². The van der Waals surface area contributed by atoms with E-state index in [0.29, 0.717) is 0 Å². The lowest BCUT2D eigenvalue weighted by Crippen LogP contribution is -2.51. The van der Waals surface area contributed by atoms with Crippen LogP contribution in [0.25, 0.3) is 0 Å². The zero-order valence-electron chi connectivity index (χ0n) is 10.9. The van der Waals surface area contributed by atoms with Crippen molar-refractivity contribution in [3.8, 4) is 0 Å². The normalized spacial score (nSPS) is 12.4. The quantitative estimate of drug-likeness (QED) is 0.598. The van der Waals surface area contributed by atoms with Crippen LogP contribution >= 0.6 is 0 Å². The van der Waals surface area contributed by atoms with Gasteiger partial charge in [-0.1, -0.05) is 13.8 Å². The summed E-state index contributed by atoms with van der Waals surface area (Å²) in [6, 6.07) is 0. The molecule has 0 fully saturated rings. The molecule has 0 spiro atoms. The van der Waals surface area contributed by atoms with Crippen molar-refractivity contribution in [1.82, 2.24) is 4.90 Å². The predicted octanol–water partition coefficient (Wildman–Crippen LogP) is 1.86. The first-order chi connectivity index (χ1) is 7.16. The fraction of sp³-hybridized carbons (Fsp3) is 1.00. The minimum Gasteiger partial charge on any atom is -0.382 e. The highest BCUT2D eigenvalue weighted by Crippen LogP contribution is 2.21. The highest BCUT2D eigenvalue weighted by atomic mass is 16.5. The third kappa shape index (κ3) is 4.49. The average molecular weight is 216 g/mol. The molecule has 92 valence electrons. The van der Waals surface area contributed by atoms with Crippen LogP contribution < -0.4 is 5.73 Å². The molecular weight excluding hydrogens is 188 g/mol. The smallest absolute Gasteiger partial charge is 0.0478 e. The van der Waals surface area contributed by atoms with Gasteiger partial charge in [-0.05, 0) is 33.2 Å². The lowest BCUT2D eigenvalue weighted by Gasteiger charge is -2.40. The molecule has 0 radical (unpaired) electrons. The fourth-order valence-corrected chi connectivity index (χ4v) is 2.02. The highest BCUT2D eigenvalue weighted by Gasteiger charge is 2.28. The van der Waals surface area contributed by atoms with Crippen LogP contribution in [-0.2, 0) is 4.74 Å². The Morgan fingerprint density at radius 1 is 1.20 bits per heavy atom. The van der Waals surface area contributed by atoms with E-state index in [1.165, 1.54) is 0 Å². The third-order valence-corrected chi connectivity index (χ3v) is 3.49. The Morgan fingerprint density at radius 3 is 2.20 bits per heavy atom. The van der Waals surface area contributed by atoms with Gasteiger partial charge in [0.2, 0.25) is 0 Å². The Labute approximate surface area is 95.0 Å². The van der Waals surface area contributed by atoms with Crippen molar-refractivity contribution in [3.63, 3.8) is 0 Å². The summed E-state index contributed by atoms with van der Waals surface area (Å²) in [6.45, 7) is 9.95. The second-order valence-electron chi connectivity index (χ2n) is 4.11. The molecule has 0 aliphatic carbocycles. The van der Waals surface area contributed by atoms with E-state index < -0.39 is 0 Å². The molecule has 0 saturated carbocycles. The van der Waals surface area contributed by atoms with Crippen LogP contribution in [0.1, 0.15) is 40.0 Å². The number of likely N-dealkylation sites (N-methyl/N-ethyl adjacent to an activating group) is 1. The van der Waals surface area contributed by atoms with Gasteiger partial charge in [0, 0.05) is 31.8 Å². The van der Waals surface area contributed by atoms with Gasteiger partial charge >= 0.3 is 0 Å². The van der Waals surface area contributed by atoms with E-state index in [0.717, 1.165) is 45.6 Å². The summed E-state index contributed by atoms with van der Waals surface area (Å²) in [5, 5.41) is 0. The van der Waals surface area contributed by atoms with Crippen molar-refractivity contribution in [1.29, 1.82) is 0 Å². The van der Waals surface area contributed by atoms with Gasteiger partial charge in [-0.3, -0.25) is 4.90 Å². The van der Waals surface area contributed by atoms with Crippen LogP contribution in [0.2, 0.25) is 0 Å². The molecule has 0 aliphatic heterocycles. The molecule has 0 aliphatic rings. The molecule has 0 atom stereocenters. The molecule has 0 bridgehead atoms. The number of ether oxygens (including phenoxy) is 1. The van der Waals surface area contributed by atoms with Crippen LogP contribution in [0.4, 0.5) is 0 Å². The van der Waals surface area contributed by atoms with Crippen molar-refractivity contribution < 1.29 is 4.74 Å². The average Bonchev–Trinajstić information content (AvgIpc) is 2.28. The van der Waals surface area contributed by atoms with Crippen molar-refractivity contribution in [2.24, 2.45) is 5.73 Å². The van der Waals surface area contributed by atoms with Crippen LogP contribution in [0.3, 0.4) is 0 Å². The lowest BCUT2D eigenvalue weighted by atomic mass is 9.91. The van der Waals surface area contributed by atoms with Crippen LogP contribution in [-0.4, -0.2) is 43.8 Å². The molecule has 3 heteroatoms. The molecule has 0 amide bonds. The highest BCUT2D eigenvalue weighted by molar-refractivity contribution is 4.87. The summed E-state index contributed by atoms with van der Waals surface area (Å²) >= 11 is 0. The van der Waals surface area contributed by atoms with Gasteiger partial charge in [0.25, 0.3) is 0 Å².